The molecule has 2 aliphatic rings. The van der Waals surface area contributed by atoms with Crippen molar-refractivity contribution in [2.24, 2.45) is 13.0 Å². The van der Waals surface area contributed by atoms with Crippen LogP contribution in [0, 0.1) is 5.92 Å². The van der Waals surface area contributed by atoms with Crippen LogP contribution in [0.2, 0.25) is 0 Å². The molecule has 4 rings (SSSR count). The predicted molar refractivity (Wildman–Crippen MR) is 92.2 cm³/mol. The molecule has 0 unspecified atom stereocenters. The summed E-state index contributed by atoms with van der Waals surface area (Å²) in [7, 11) is 1.90. The average molecular weight is 324 g/mol. The molecule has 2 heterocycles. The lowest BCUT2D eigenvalue weighted by molar-refractivity contribution is -0.0794. The topological polar surface area (TPSA) is 50.2 Å². The monoisotopic (exact) mass is 324 g/mol. The molecular weight excluding hydrogens is 300 g/mol. The van der Waals surface area contributed by atoms with E-state index in [-0.39, 0.29) is 11.6 Å². The van der Waals surface area contributed by atoms with E-state index in [2.05, 4.69) is 39.6 Å². The van der Waals surface area contributed by atoms with E-state index in [0.717, 1.165) is 18.7 Å². The van der Waals surface area contributed by atoms with E-state index < -0.39 is 0 Å². The van der Waals surface area contributed by atoms with Crippen LogP contribution < -0.4 is 5.32 Å². The van der Waals surface area contributed by atoms with Crippen molar-refractivity contribution in [2.45, 2.75) is 37.8 Å². The van der Waals surface area contributed by atoms with Crippen LogP contribution in [0.1, 0.15) is 36.9 Å². The van der Waals surface area contributed by atoms with Crippen LogP contribution in [-0.2, 0) is 19.1 Å². The van der Waals surface area contributed by atoms with Crippen molar-refractivity contribution in [3.8, 4) is 0 Å². The first-order valence-corrected chi connectivity index (χ1v) is 8.80. The number of likely N-dealkylation sites (tertiary alicyclic amines) is 1. The lowest BCUT2D eigenvalue weighted by atomic mass is 9.62. The SMILES string of the molecule is Cn1nccc1CNC(=O)N1C[C@H]2CCCC[C@]21c1ccccc1. The van der Waals surface area contributed by atoms with Gasteiger partial charge in [0, 0.05) is 25.7 Å². The van der Waals surface area contributed by atoms with Crippen molar-refractivity contribution < 1.29 is 4.79 Å². The van der Waals surface area contributed by atoms with Gasteiger partial charge in [0.05, 0.1) is 17.8 Å². The van der Waals surface area contributed by atoms with Crippen LogP contribution in [0.5, 0.6) is 0 Å². The molecule has 0 spiro atoms. The van der Waals surface area contributed by atoms with Gasteiger partial charge in [-0.3, -0.25) is 4.68 Å². The predicted octanol–water partition coefficient (Wildman–Crippen LogP) is 3.03. The number of amides is 2. The summed E-state index contributed by atoms with van der Waals surface area (Å²) < 4.78 is 1.80. The minimum atomic E-state index is -0.101. The number of urea groups is 1. The standard InChI is InChI=1S/C19H24N4O/c1-22-17(10-12-21-22)13-20-18(24)23-14-16-9-5-6-11-19(16,23)15-7-3-2-4-8-15/h2-4,7-8,10,12,16H,5-6,9,11,13-14H2,1H3,(H,20,24)/t16-,19+/m1/s1. The molecule has 2 amide bonds. The van der Waals surface area contributed by atoms with Crippen LogP contribution in [0.3, 0.4) is 0 Å². The van der Waals surface area contributed by atoms with E-state index in [1.54, 1.807) is 10.9 Å². The largest absolute Gasteiger partial charge is 0.332 e. The van der Waals surface area contributed by atoms with E-state index in [9.17, 15) is 4.79 Å². The highest BCUT2D eigenvalue weighted by atomic mass is 16.2. The number of nitrogens with one attached hydrogen (secondary N) is 1. The third-order valence-corrected chi connectivity index (χ3v) is 5.78. The van der Waals surface area contributed by atoms with E-state index in [1.807, 2.05) is 19.2 Å². The quantitative estimate of drug-likeness (QED) is 0.943. The van der Waals surface area contributed by atoms with Crippen molar-refractivity contribution in [1.82, 2.24) is 20.0 Å². The van der Waals surface area contributed by atoms with Crippen LogP contribution in [-0.4, -0.2) is 27.3 Å². The number of aromatic nitrogens is 2. The summed E-state index contributed by atoms with van der Waals surface area (Å²) in [6.07, 6.45) is 6.52. The normalized spacial score (nSPS) is 25.7. The Morgan fingerprint density at radius 1 is 1.29 bits per heavy atom. The van der Waals surface area contributed by atoms with Crippen LogP contribution >= 0.6 is 0 Å². The van der Waals surface area contributed by atoms with Gasteiger partial charge in [-0.05, 0) is 24.5 Å². The maximum Gasteiger partial charge on any atom is 0.318 e. The zero-order chi connectivity index (χ0) is 16.6. The smallest absolute Gasteiger partial charge is 0.318 e. The molecule has 2 fully saturated rings. The molecule has 1 saturated heterocycles. The molecule has 1 N–H and O–H groups in total. The molecule has 2 aromatic rings. The molecule has 0 bridgehead atoms. The Balaban J connectivity index is 1.54. The van der Waals surface area contributed by atoms with Crippen molar-refractivity contribution in [1.29, 1.82) is 0 Å². The van der Waals surface area contributed by atoms with E-state index in [0.29, 0.717) is 12.5 Å². The number of hydrogen-bond donors (Lipinski definition) is 1. The highest BCUT2D eigenvalue weighted by Gasteiger charge is 2.56. The van der Waals surface area contributed by atoms with E-state index in [4.69, 9.17) is 0 Å². The van der Waals surface area contributed by atoms with Crippen LogP contribution in [0.25, 0.3) is 0 Å². The number of hydrogen-bond acceptors (Lipinski definition) is 2. The molecule has 1 saturated carbocycles. The van der Waals surface area contributed by atoms with Gasteiger partial charge in [0.25, 0.3) is 0 Å². The Kier molecular flexibility index (Phi) is 3.79. The van der Waals surface area contributed by atoms with Gasteiger partial charge in [-0.15, -0.1) is 0 Å². The van der Waals surface area contributed by atoms with Crippen LogP contribution in [0.15, 0.2) is 42.6 Å². The number of carbonyl (C=O) groups excluding carboxylic acids is 1. The molecule has 0 radical (unpaired) electrons. The maximum absolute atomic E-state index is 12.9. The van der Waals surface area contributed by atoms with Gasteiger partial charge in [-0.2, -0.15) is 5.10 Å². The number of rotatable bonds is 3. The molecular formula is C19H24N4O. The molecule has 5 nitrogen and oxygen atoms in total. The molecule has 24 heavy (non-hydrogen) atoms. The molecule has 1 aromatic heterocycles. The third kappa shape index (κ3) is 2.30. The Morgan fingerprint density at radius 2 is 2.12 bits per heavy atom. The fraction of sp³-hybridized carbons (Fsp3) is 0.474. The summed E-state index contributed by atoms with van der Waals surface area (Å²) >= 11 is 0. The van der Waals surface area contributed by atoms with Gasteiger partial charge in [-0.1, -0.05) is 43.2 Å². The Bertz CT molecular complexity index is 726. The molecule has 1 aliphatic heterocycles. The minimum absolute atomic E-state index is 0.0400. The number of fused-ring (bicyclic) bond motifs is 1. The van der Waals surface area contributed by atoms with Gasteiger partial charge < -0.3 is 10.2 Å². The Morgan fingerprint density at radius 3 is 2.83 bits per heavy atom. The van der Waals surface area contributed by atoms with Gasteiger partial charge in [0.1, 0.15) is 0 Å². The third-order valence-electron chi connectivity index (χ3n) is 5.78. The maximum atomic E-state index is 12.9. The Labute approximate surface area is 142 Å². The fourth-order valence-corrected chi connectivity index (χ4v) is 4.46. The molecule has 2 atom stereocenters. The van der Waals surface area contributed by atoms with Crippen LogP contribution in [0.4, 0.5) is 4.79 Å². The first-order valence-electron chi connectivity index (χ1n) is 8.80. The van der Waals surface area contributed by atoms with E-state index >= 15 is 0 Å². The first kappa shape index (κ1) is 15.2. The Hall–Kier alpha value is -2.30. The minimum Gasteiger partial charge on any atom is -0.332 e. The highest BCUT2D eigenvalue weighted by molar-refractivity contribution is 5.77. The lowest BCUT2D eigenvalue weighted by Crippen LogP contribution is -2.69. The van der Waals surface area contributed by atoms with Gasteiger partial charge in [-0.25, -0.2) is 4.79 Å². The summed E-state index contributed by atoms with van der Waals surface area (Å²) in [5.41, 5.74) is 2.20. The lowest BCUT2D eigenvalue weighted by Gasteiger charge is -2.61. The van der Waals surface area contributed by atoms with Gasteiger partial charge in [0.15, 0.2) is 0 Å². The second-order valence-corrected chi connectivity index (χ2v) is 6.95. The average Bonchev–Trinajstić information content (AvgIpc) is 3.00. The van der Waals surface area contributed by atoms with Crippen molar-refractivity contribution in [2.75, 3.05) is 6.54 Å². The van der Waals surface area contributed by atoms with Crippen molar-refractivity contribution >= 4 is 6.03 Å². The summed E-state index contributed by atoms with van der Waals surface area (Å²) in [6.45, 7) is 1.38. The van der Waals surface area contributed by atoms with Crippen molar-refractivity contribution in [3.05, 3.63) is 53.9 Å². The first-order chi connectivity index (χ1) is 11.7. The summed E-state index contributed by atoms with van der Waals surface area (Å²) in [5.74, 6) is 0.594. The fourth-order valence-electron chi connectivity index (χ4n) is 4.46. The summed E-state index contributed by atoms with van der Waals surface area (Å²) in [5, 5.41) is 7.23. The molecule has 5 heteroatoms. The number of nitrogens with zero attached hydrogens (tertiary/aromatic N) is 3. The number of aryl methyl sites for hydroxylation is 1. The van der Waals surface area contributed by atoms with Gasteiger partial charge >= 0.3 is 6.03 Å². The second-order valence-electron chi connectivity index (χ2n) is 6.95. The second kappa shape index (κ2) is 5.96. The molecule has 126 valence electrons. The molecule has 1 aromatic carbocycles. The number of benzene rings is 1. The zero-order valence-corrected chi connectivity index (χ0v) is 14.1. The summed E-state index contributed by atoms with van der Waals surface area (Å²) in [6, 6.07) is 12.5. The highest BCUT2D eigenvalue weighted by Crippen LogP contribution is 2.53. The molecule has 1 aliphatic carbocycles. The van der Waals surface area contributed by atoms with Gasteiger partial charge in [0.2, 0.25) is 0 Å². The zero-order valence-electron chi connectivity index (χ0n) is 14.1. The van der Waals surface area contributed by atoms with Crippen molar-refractivity contribution in [3.63, 3.8) is 0 Å². The summed E-state index contributed by atoms with van der Waals surface area (Å²) in [4.78, 5) is 14.9. The number of carbonyl (C=O) groups is 1. The van der Waals surface area contributed by atoms with E-state index in [1.165, 1.54) is 24.8 Å².